The topological polar surface area (TPSA) is 115 Å². The van der Waals surface area contributed by atoms with Gasteiger partial charge in [0.2, 0.25) is 0 Å². The maximum Gasteiger partial charge on any atom is 0.417 e. The number of esters is 1. The van der Waals surface area contributed by atoms with Gasteiger partial charge in [0, 0.05) is 23.6 Å². The molecule has 0 radical (unpaired) electrons. The predicted molar refractivity (Wildman–Crippen MR) is 112 cm³/mol. The van der Waals surface area contributed by atoms with E-state index < -0.39 is 29.7 Å². The summed E-state index contributed by atoms with van der Waals surface area (Å²) in [6.07, 6.45) is -0.896. The molecule has 0 saturated heterocycles. The number of carbonyl (C=O) groups is 4. The summed E-state index contributed by atoms with van der Waals surface area (Å²) >= 11 is 0. The molecule has 0 atom stereocenters. The summed E-state index contributed by atoms with van der Waals surface area (Å²) in [7, 11) is 0. The van der Waals surface area contributed by atoms with Gasteiger partial charge in [-0.2, -0.15) is 0 Å². The molecule has 9 heteroatoms. The van der Waals surface area contributed by atoms with Gasteiger partial charge in [0.25, 0.3) is 5.91 Å². The number of ether oxygens (including phenoxy) is 2. The summed E-state index contributed by atoms with van der Waals surface area (Å²) in [5, 5.41) is 10.3. The minimum absolute atomic E-state index is 0.0817. The fourth-order valence-electron chi connectivity index (χ4n) is 3.51. The van der Waals surface area contributed by atoms with Gasteiger partial charge in [-0.05, 0) is 45.8 Å². The lowest BCUT2D eigenvalue weighted by atomic mass is 9.99. The molecule has 2 aromatic rings. The Morgan fingerprint density at radius 3 is 2.48 bits per heavy atom. The van der Waals surface area contributed by atoms with Crippen LogP contribution in [0.5, 0.6) is 0 Å². The first-order valence-corrected chi connectivity index (χ1v) is 9.84. The molecule has 2 heterocycles. The van der Waals surface area contributed by atoms with Crippen molar-refractivity contribution >= 4 is 40.5 Å². The van der Waals surface area contributed by atoms with Crippen LogP contribution in [-0.2, 0) is 14.3 Å². The molecule has 1 aliphatic rings. The Labute approximate surface area is 178 Å². The van der Waals surface area contributed by atoms with Gasteiger partial charge in [-0.3, -0.25) is 4.79 Å². The summed E-state index contributed by atoms with van der Waals surface area (Å²) < 4.78 is 11.2. The Hall–Kier alpha value is -3.62. The highest BCUT2D eigenvalue weighted by atomic mass is 16.6. The van der Waals surface area contributed by atoms with Crippen molar-refractivity contribution in [1.82, 2.24) is 9.47 Å². The van der Waals surface area contributed by atoms with Gasteiger partial charge in [0.1, 0.15) is 11.3 Å². The molecule has 1 aromatic heterocycles. The summed E-state index contributed by atoms with van der Waals surface area (Å²) in [5.74, 6) is -1.43. The number of carboxylic acid groups (broad SMARTS) is 1. The van der Waals surface area contributed by atoms with Gasteiger partial charge in [-0.15, -0.1) is 0 Å². The standard InChI is InChI=1S/C22H24N2O7/c1-5-30-16(25)12-13-10-11-23(21(29)31-22(2,3)4)19(26)18-17(13)14-8-6-7-9-15(14)24(18)20(27)28/h6-9,12H,5,10-11H2,1-4H3,(H,27,28). The second-order valence-corrected chi connectivity index (χ2v) is 7.97. The molecule has 3 rings (SSSR count). The van der Waals surface area contributed by atoms with Crippen LogP contribution in [-0.4, -0.2) is 57.4 Å². The van der Waals surface area contributed by atoms with Crippen LogP contribution in [0.1, 0.15) is 50.2 Å². The lowest BCUT2D eigenvalue weighted by Gasteiger charge is -2.25. The van der Waals surface area contributed by atoms with Crippen LogP contribution in [0.25, 0.3) is 16.5 Å². The van der Waals surface area contributed by atoms with Gasteiger partial charge in [-0.1, -0.05) is 18.2 Å². The van der Waals surface area contributed by atoms with Crippen LogP contribution in [0.2, 0.25) is 0 Å². The highest BCUT2D eigenvalue weighted by Crippen LogP contribution is 2.37. The van der Waals surface area contributed by atoms with E-state index in [0.29, 0.717) is 16.5 Å². The highest BCUT2D eigenvalue weighted by Gasteiger charge is 2.37. The van der Waals surface area contributed by atoms with Crippen LogP contribution >= 0.6 is 0 Å². The number of fused-ring (bicyclic) bond motifs is 3. The van der Waals surface area contributed by atoms with Crippen molar-refractivity contribution in [2.75, 3.05) is 13.2 Å². The van der Waals surface area contributed by atoms with Crippen molar-refractivity contribution in [2.24, 2.45) is 0 Å². The minimum atomic E-state index is -1.38. The summed E-state index contributed by atoms with van der Waals surface area (Å²) in [5.41, 5.74) is -0.0942. The molecule has 1 aliphatic heterocycles. The second-order valence-electron chi connectivity index (χ2n) is 7.97. The van der Waals surface area contributed by atoms with Crippen molar-refractivity contribution in [1.29, 1.82) is 0 Å². The van der Waals surface area contributed by atoms with E-state index in [2.05, 4.69) is 0 Å². The first-order valence-electron chi connectivity index (χ1n) is 9.84. The molecular weight excluding hydrogens is 404 g/mol. The van der Waals surface area contributed by atoms with E-state index in [-0.39, 0.29) is 30.8 Å². The maximum atomic E-state index is 13.4. The largest absolute Gasteiger partial charge is 0.464 e. The third kappa shape index (κ3) is 4.30. The third-order valence-electron chi connectivity index (χ3n) is 4.63. The molecule has 1 N–H and O–H groups in total. The number of imide groups is 1. The van der Waals surface area contributed by atoms with Crippen LogP contribution in [0.15, 0.2) is 30.3 Å². The van der Waals surface area contributed by atoms with Crippen LogP contribution < -0.4 is 0 Å². The molecule has 164 valence electrons. The van der Waals surface area contributed by atoms with E-state index in [1.54, 1.807) is 52.0 Å². The van der Waals surface area contributed by atoms with Crippen molar-refractivity contribution in [3.63, 3.8) is 0 Å². The Morgan fingerprint density at radius 2 is 1.87 bits per heavy atom. The molecule has 0 bridgehead atoms. The summed E-state index contributed by atoms with van der Waals surface area (Å²) in [4.78, 5) is 51.3. The normalized spacial score (nSPS) is 15.5. The van der Waals surface area contributed by atoms with E-state index in [1.807, 2.05) is 0 Å². The van der Waals surface area contributed by atoms with E-state index >= 15 is 0 Å². The van der Waals surface area contributed by atoms with Gasteiger partial charge in [0.15, 0.2) is 0 Å². The van der Waals surface area contributed by atoms with Crippen molar-refractivity contribution in [3.05, 3.63) is 41.6 Å². The molecule has 9 nitrogen and oxygen atoms in total. The molecule has 0 aliphatic carbocycles. The van der Waals surface area contributed by atoms with Crippen molar-refractivity contribution in [2.45, 2.75) is 39.7 Å². The van der Waals surface area contributed by atoms with Crippen LogP contribution in [0.4, 0.5) is 9.59 Å². The number of nitrogens with zero attached hydrogens (tertiary/aromatic N) is 2. The minimum Gasteiger partial charge on any atom is -0.464 e. The van der Waals surface area contributed by atoms with Gasteiger partial charge >= 0.3 is 18.2 Å². The van der Waals surface area contributed by atoms with Gasteiger partial charge < -0.3 is 14.6 Å². The van der Waals surface area contributed by atoms with Gasteiger partial charge in [-0.25, -0.2) is 23.9 Å². The third-order valence-corrected chi connectivity index (χ3v) is 4.63. The number of carbonyl (C=O) groups excluding carboxylic acids is 3. The SMILES string of the molecule is CCOC(=O)C=C1CCN(C(=O)OC(C)(C)C)C(=O)c2c1c1ccccc1n2C(=O)O. The first-order chi connectivity index (χ1) is 14.5. The predicted octanol–water partition coefficient (Wildman–Crippen LogP) is 3.89. The van der Waals surface area contributed by atoms with Gasteiger partial charge in [0.05, 0.1) is 12.1 Å². The molecule has 0 fully saturated rings. The number of hydrogen-bond donors (Lipinski definition) is 1. The molecule has 31 heavy (non-hydrogen) atoms. The number of amides is 2. The molecule has 2 amide bonds. The Bertz CT molecular complexity index is 1100. The average molecular weight is 428 g/mol. The molecule has 0 saturated carbocycles. The lowest BCUT2D eigenvalue weighted by Crippen LogP contribution is -2.41. The molecule has 1 aromatic carbocycles. The number of para-hydroxylation sites is 1. The number of rotatable bonds is 2. The molecule has 0 spiro atoms. The zero-order valence-corrected chi connectivity index (χ0v) is 17.8. The van der Waals surface area contributed by atoms with E-state index in [0.717, 1.165) is 9.47 Å². The van der Waals surface area contributed by atoms with Crippen molar-refractivity contribution in [3.8, 4) is 0 Å². The van der Waals surface area contributed by atoms with E-state index in [4.69, 9.17) is 9.47 Å². The average Bonchev–Trinajstić information content (AvgIpc) is 2.94. The number of aromatic nitrogens is 1. The molecular formula is C22H24N2O7. The Kier molecular flexibility index (Phi) is 5.88. The fraction of sp³-hybridized carbons (Fsp3) is 0.364. The summed E-state index contributed by atoms with van der Waals surface area (Å²) in [6, 6.07) is 6.58. The summed E-state index contributed by atoms with van der Waals surface area (Å²) in [6.45, 7) is 6.74. The Balaban J connectivity index is 2.27. The van der Waals surface area contributed by atoms with Crippen molar-refractivity contribution < 1.29 is 33.8 Å². The zero-order valence-electron chi connectivity index (χ0n) is 17.8. The van der Waals surface area contributed by atoms with E-state index in [1.165, 1.54) is 6.08 Å². The first kappa shape index (κ1) is 22.1. The lowest BCUT2D eigenvalue weighted by molar-refractivity contribution is -0.137. The quantitative estimate of drug-likeness (QED) is 0.570. The molecule has 0 unspecified atom stereocenters. The Morgan fingerprint density at radius 1 is 1.19 bits per heavy atom. The fourth-order valence-corrected chi connectivity index (χ4v) is 3.51. The zero-order chi connectivity index (χ0) is 22.9. The number of hydrogen-bond acceptors (Lipinski definition) is 6. The highest BCUT2D eigenvalue weighted by molar-refractivity contribution is 6.15. The number of benzene rings is 1. The van der Waals surface area contributed by atoms with E-state index in [9.17, 15) is 24.3 Å². The smallest absolute Gasteiger partial charge is 0.417 e. The van der Waals surface area contributed by atoms with Crippen LogP contribution in [0.3, 0.4) is 0 Å². The second kappa shape index (κ2) is 8.25. The maximum absolute atomic E-state index is 13.4. The van der Waals surface area contributed by atoms with Crippen LogP contribution in [0, 0.1) is 0 Å². The monoisotopic (exact) mass is 428 g/mol.